The number of sulfonamides is 1. The highest BCUT2D eigenvalue weighted by Gasteiger charge is 2.30. The zero-order chi connectivity index (χ0) is 22.6. The van der Waals surface area contributed by atoms with Gasteiger partial charge in [0.2, 0.25) is 10.0 Å². The minimum absolute atomic E-state index is 0.0422. The molecule has 32 heavy (non-hydrogen) atoms. The molecular weight excluding hydrogens is 454 g/mol. The van der Waals surface area contributed by atoms with Gasteiger partial charge >= 0.3 is 0 Å². The van der Waals surface area contributed by atoms with Crippen LogP contribution in [0, 0.1) is 0 Å². The molecule has 8 nitrogen and oxygen atoms in total. The van der Waals surface area contributed by atoms with Crippen LogP contribution in [0.25, 0.3) is 0 Å². The topological polar surface area (TPSA) is 89.0 Å². The summed E-state index contributed by atoms with van der Waals surface area (Å²) < 4.78 is 38.6. The van der Waals surface area contributed by atoms with E-state index in [0.29, 0.717) is 32.9 Å². The number of nitrogens with zero attached hydrogens (tertiary/aromatic N) is 3. The third-order valence-electron chi connectivity index (χ3n) is 5.60. The van der Waals surface area contributed by atoms with Gasteiger partial charge in [0.25, 0.3) is 5.91 Å². The Morgan fingerprint density at radius 2 is 2.03 bits per heavy atom. The van der Waals surface area contributed by atoms with E-state index in [2.05, 4.69) is 4.98 Å². The number of hydrogen-bond donors (Lipinski definition) is 0. The lowest BCUT2D eigenvalue weighted by molar-refractivity contribution is 0.0507. The standard InChI is InChI=1S/C22H26ClN3O5S/c23-20-6-5-18(13-21(20)32(28,29)26-8-11-30-12-9-26)22(27)25(16-19-4-2-10-31-19)15-17-3-1-7-24-14-17/h1,3,5-7,13-14,19H,2,4,8-12,15-16H2. The van der Waals surface area contributed by atoms with Crippen molar-refractivity contribution >= 4 is 27.5 Å². The van der Waals surface area contributed by atoms with Crippen LogP contribution in [0.15, 0.2) is 47.6 Å². The number of carbonyl (C=O) groups is 1. The van der Waals surface area contributed by atoms with Crippen molar-refractivity contribution in [3.63, 3.8) is 0 Å². The number of benzene rings is 1. The van der Waals surface area contributed by atoms with E-state index in [9.17, 15) is 13.2 Å². The van der Waals surface area contributed by atoms with E-state index in [0.717, 1.165) is 18.4 Å². The number of amides is 1. The summed E-state index contributed by atoms with van der Waals surface area (Å²) in [5, 5.41) is 0.0889. The van der Waals surface area contributed by atoms with Crippen molar-refractivity contribution in [3.8, 4) is 0 Å². The zero-order valence-corrected chi connectivity index (χ0v) is 19.2. The van der Waals surface area contributed by atoms with Gasteiger partial charge in [0.05, 0.1) is 24.3 Å². The lowest BCUT2D eigenvalue weighted by atomic mass is 10.1. The number of morpholine rings is 1. The lowest BCUT2D eigenvalue weighted by Crippen LogP contribution is -2.41. The van der Waals surface area contributed by atoms with Gasteiger partial charge in [-0.25, -0.2) is 8.42 Å². The van der Waals surface area contributed by atoms with E-state index >= 15 is 0 Å². The number of carbonyl (C=O) groups excluding carboxylic acids is 1. The molecular formula is C22H26ClN3O5S. The second-order valence-corrected chi connectivity index (χ2v) is 10.2. The molecule has 0 N–H and O–H groups in total. The molecule has 1 amide bonds. The fourth-order valence-corrected chi connectivity index (χ4v) is 5.82. The summed E-state index contributed by atoms with van der Waals surface area (Å²) in [6.45, 7) is 2.61. The van der Waals surface area contributed by atoms with E-state index in [-0.39, 0.29) is 40.6 Å². The summed E-state index contributed by atoms with van der Waals surface area (Å²) in [4.78, 5) is 19.2. The Bertz CT molecular complexity index is 1040. The smallest absolute Gasteiger partial charge is 0.254 e. The lowest BCUT2D eigenvalue weighted by Gasteiger charge is -2.27. The van der Waals surface area contributed by atoms with Crippen LogP contribution in [0.1, 0.15) is 28.8 Å². The first-order valence-electron chi connectivity index (χ1n) is 10.6. The maximum Gasteiger partial charge on any atom is 0.254 e. The Balaban J connectivity index is 1.62. The van der Waals surface area contributed by atoms with Crippen LogP contribution in [-0.4, -0.2) is 74.1 Å². The number of ether oxygens (including phenoxy) is 2. The van der Waals surface area contributed by atoms with Crippen molar-refractivity contribution in [1.82, 2.24) is 14.2 Å². The predicted octanol–water partition coefficient (Wildman–Crippen LogP) is 2.58. The summed E-state index contributed by atoms with van der Waals surface area (Å²) in [5.41, 5.74) is 1.15. The Morgan fingerprint density at radius 3 is 2.72 bits per heavy atom. The number of aromatic nitrogens is 1. The summed E-state index contributed by atoms with van der Waals surface area (Å²) >= 11 is 6.26. The van der Waals surface area contributed by atoms with Crippen molar-refractivity contribution < 1.29 is 22.7 Å². The van der Waals surface area contributed by atoms with Gasteiger partial charge in [0, 0.05) is 50.7 Å². The molecule has 0 bridgehead atoms. The van der Waals surface area contributed by atoms with E-state index in [4.69, 9.17) is 21.1 Å². The molecule has 1 aromatic heterocycles. The number of hydrogen-bond acceptors (Lipinski definition) is 6. The van der Waals surface area contributed by atoms with E-state index < -0.39 is 10.0 Å². The highest BCUT2D eigenvalue weighted by atomic mass is 35.5. The number of rotatable bonds is 7. The molecule has 2 fully saturated rings. The zero-order valence-electron chi connectivity index (χ0n) is 17.7. The molecule has 0 saturated carbocycles. The maximum atomic E-state index is 13.5. The molecule has 1 atom stereocenters. The van der Waals surface area contributed by atoms with Crippen molar-refractivity contribution in [2.24, 2.45) is 0 Å². The average molecular weight is 480 g/mol. The summed E-state index contributed by atoms with van der Waals surface area (Å²) in [6.07, 6.45) is 5.19. The summed E-state index contributed by atoms with van der Waals surface area (Å²) in [5.74, 6) is -0.278. The Kier molecular flexibility index (Phi) is 7.42. The molecule has 10 heteroatoms. The quantitative estimate of drug-likeness (QED) is 0.606. The Labute approximate surface area is 193 Å². The van der Waals surface area contributed by atoms with Gasteiger partial charge in [0.1, 0.15) is 4.90 Å². The first kappa shape index (κ1) is 23.1. The number of pyridine rings is 1. The first-order valence-corrected chi connectivity index (χ1v) is 12.4. The summed E-state index contributed by atoms with van der Waals surface area (Å²) in [7, 11) is -3.84. The van der Waals surface area contributed by atoms with Crippen LogP contribution in [0.2, 0.25) is 5.02 Å². The molecule has 2 aliphatic heterocycles. The minimum atomic E-state index is -3.84. The van der Waals surface area contributed by atoms with Crippen LogP contribution in [0.4, 0.5) is 0 Å². The van der Waals surface area contributed by atoms with E-state index in [1.54, 1.807) is 23.4 Å². The minimum Gasteiger partial charge on any atom is -0.379 e. The second kappa shape index (κ2) is 10.3. The van der Waals surface area contributed by atoms with Gasteiger partial charge in [-0.1, -0.05) is 17.7 Å². The third kappa shape index (κ3) is 5.29. The first-order chi connectivity index (χ1) is 15.4. The molecule has 2 aromatic rings. The molecule has 1 aromatic carbocycles. The molecule has 172 valence electrons. The maximum absolute atomic E-state index is 13.5. The monoisotopic (exact) mass is 479 g/mol. The van der Waals surface area contributed by atoms with Crippen molar-refractivity contribution in [2.75, 3.05) is 39.5 Å². The second-order valence-electron chi connectivity index (χ2n) is 7.84. The molecule has 3 heterocycles. The van der Waals surface area contributed by atoms with Crippen LogP contribution in [-0.2, 0) is 26.0 Å². The largest absolute Gasteiger partial charge is 0.379 e. The van der Waals surface area contributed by atoms with Crippen LogP contribution in [0.3, 0.4) is 0 Å². The van der Waals surface area contributed by atoms with Gasteiger partial charge in [-0.15, -0.1) is 0 Å². The summed E-state index contributed by atoms with van der Waals surface area (Å²) in [6, 6.07) is 8.13. The van der Waals surface area contributed by atoms with E-state index in [1.165, 1.54) is 16.4 Å². The highest BCUT2D eigenvalue weighted by Crippen LogP contribution is 2.27. The molecule has 0 radical (unpaired) electrons. The normalized spacial score (nSPS) is 19.7. The molecule has 2 aliphatic rings. The van der Waals surface area contributed by atoms with E-state index in [1.807, 2.05) is 12.1 Å². The van der Waals surface area contributed by atoms with Gasteiger partial charge in [-0.3, -0.25) is 9.78 Å². The molecule has 2 saturated heterocycles. The van der Waals surface area contributed by atoms with Crippen molar-refractivity contribution in [3.05, 3.63) is 58.9 Å². The van der Waals surface area contributed by atoms with Crippen LogP contribution in [0.5, 0.6) is 0 Å². The van der Waals surface area contributed by atoms with Gasteiger partial charge < -0.3 is 14.4 Å². The van der Waals surface area contributed by atoms with Crippen molar-refractivity contribution in [2.45, 2.75) is 30.4 Å². The van der Waals surface area contributed by atoms with Gasteiger partial charge in [0.15, 0.2) is 0 Å². The predicted molar refractivity (Wildman–Crippen MR) is 119 cm³/mol. The molecule has 4 rings (SSSR count). The fourth-order valence-electron chi connectivity index (χ4n) is 3.91. The molecule has 0 spiro atoms. The third-order valence-corrected chi connectivity index (χ3v) is 7.98. The average Bonchev–Trinajstić information content (AvgIpc) is 3.33. The Morgan fingerprint density at radius 1 is 1.22 bits per heavy atom. The van der Waals surface area contributed by atoms with Crippen molar-refractivity contribution in [1.29, 1.82) is 0 Å². The van der Waals surface area contributed by atoms with Gasteiger partial charge in [-0.2, -0.15) is 4.31 Å². The molecule has 0 aliphatic carbocycles. The molecule has 1 unspecified atom stereocenters. The van der Waals surface area contributed by atoms with Crippen LogP contribution >= 0.6 is 11.6 Å². The SMILES string of the molecule is O=C(c1ccc(Cl)c(S(=O)(=O)N2CCOCC2)c1)N(Cc1cccnc1)CC1CCCO1. The fraction of sp³-hybridized carbons (Fsp3) is 0.455. The highest BCUT2D eigenvalue weighted by molar-refractivity contribution is 7.89. The van der Waals surface area contributed by atoms with Gasteiger partial charge in [-0.05, 0) is 42.7 Å². The Hall–Kier alpha value is -2.04. The number of halogens is 1. The van der Waals surface area contributed by atoms with Crippen LogP contribution < -0.4 is 0 Å².